The molecular weight excluding hydrogens is 345 g/mol. The normalized spacial score (nSPS) is 26.3. The van der Waals surface area contributed by atoms with Crippen molar-refractivity contribution in [2.45, 2.75) is 38.1 Å². The molecule has 1 aliphatic rings. The molecule has 1 aromatic rings. The number of benzene rings is 1. The molecule has 1 fully saturated rings. The molecule has 1 N–H and O–H groups in total. The van der Waals surface area contributed by atoms with E-state index in [0.717, 1.165) is 25.7 Å². The summed E-state index contributed by atoms with van der Waals surface area (Å²) in [6.45, 7) is 2.22. The number of alkyl halides is 1. The summed E-state index contributed by atoms with van der Waals surface area (Å²) in [5.74, 6) is 0.518. The van der Waals surface area contributed by atoms with Gasteiger partial charge in [0, 0.05) is 10.4 Å². The Balaban J connectivity index is 2.13. The molecule has 0 aliphatic heterocycles. The van der Waals surface area contributed by atoms with Crippen molar-refractivity contribution in [1.29, 1.82) is 0 Å². The highest BCUT2D eigenvalue weighted by atomic mass is 79.9. The molecule has 2 nitrogen and oxygen atoms in total. The minimum atomic E-state index is -0.369. The third-order valence-corrected chi connectivity index (χ3v) is 5.21. The first-order chi connectivity index (χ1) is 9.46. The zero-order valence-corrected chi connectivity index (χ0v) is 13.7. The Morgan fingerprint density at radius 2 is 2.15 bits per heavy atom. The second-order valence-electron chi connectivity index (χ2n) is 5.67. The average molecular weight is 363 g/mol. The minimum Gasteiger partial charge on any atom is -0.345 e. The Morgan fingerprint density at radius 3 is 2.70 bits per heavy atom. The molecule has 0 spiro atoms. The van der Waals surface area contributed by atoms with Crippen molar-refractivity contribution in [1.82, 2.24) is 5.32 Å². The largest absolute Gasteiger partial charge is 0.345 e. The molecule has 110 valence electrons. The van der Waals surface area contributed by atoms with Gasteiger partial charge >= 0.3 is 0 Å². The van der Waals surface area contributed by atoms with Crippen LogP contribution in [0.5, 0.6) is 0 Å². The van der Waals surface area contributed by atoms with Crippen LogP contribution in [0.15, 0.2) is 22.7 Å². The molecule has 1 aliphatic carbocycles. The van der Waals surface area contributed by atoms with E-state index < -0.39 is 0 Å². The molecule has 5 heteroatoms. The van der Waals surface area contributed by atoms with Crippen LogP contribution in [-0.4, -0.2) is 17.3 Å². The lowest BCUT2D eigenvalue weighted by atomic mass is 9.78. The van der Waals surface area contributed by atoms with Crippen molar-refractivity contribution in [3.8, 4) is 0 Å². The fourth-order valence-electron chi connectivity index (χ4n) is 2.59. The SMILES string of the molecule is CC1CCC(CCl)(NC(=O)c2ccc(F)cc2Br)CC1. The van der Waals surface area contributed by atoms with Crippen LogP contribution >= 0.6 is 27.5 Å². The summed E-state index contributed by atoms with van der Waals surface area (Å²) < 4.78 is 13.5. The second kappa shape index (κ2) is 6.44. The van der Waals surface area contributed by atoms with Crippen LogP contribution in [0, 0.1) is 11.7 Å². The number of nitrogens with one attached hydrogen (secondary N) is 1. The maximum atomic E-state index is 13.1. The van der Waals surface area contributed by atoms with E-state index in [4.69, 9.17) is 11.6 Å². The van der Waals surface area contributed by atoms with Gasteiger partial charge in [-0.25, -0.2) is 4.39 Å². The van der Waals surface area contributed by atoms with Gasteiger partial charge in [-0.2, -0.15) is 0 Å². The molecule has 0 radical (unpaired) electrons. The Bertz CT molecular complexity index is 501. The van der Waals surface area contributed by atoms with Gasteiger partial charge in [-0.1, -0.05) is 6.92 Å². The van der Waals surface area contributed by atoms with E-state index in [9.17, 15) is 9.18 Å². The summed E-state index contributed by atoms with van der Waals surface area (Å²) in [5.41, 5.74) is 0.105. The molecule has 0 bridgehead atoms. The summed E-state index contributed by atoms with van der Waals surface area (Å²) in [5, 5.41) is 3.06. The second-order valence-corrected chi connectivity index (χ2v) is 6.80. The van der Waals surface area contributed by atoms with Crippen molar-refractivity contribution in [2.75, 3.05) is 5.88 Å². The number of hydrogen-bond acceptors (Lipinski definition) is 1. The smallest absolute Gasteiger partial charge is 0.252 e. The summed E-state index contributed by atoms with van der Waals surface area (Å²) in [6.07, 6.45) is 3.92. The summed E-state index contributed by atoms with van der Waals surface area (Å²) >= 11 is 9.32. The van der Waals surface area contributed by atoms with Crippen LogP contribution in [0.2, 0.25) is 0 Å². The fraction of sp³-hybridized carbons (Fsp3) is 0.533. The van der Waals surface area contributed by atoms with E-state index in [1.807, 2.05) is 0 Å². The number of halogens is 3. The van der Waals surface area contributed by atoms with E-state index in [-0.39, 0.29) is 17.3 Å². The predicted octanol–water partition coefficient (Wildman–Crippen LogP) is 4.51. The first-order valence-corrected chi connectivity index (χ1v) is 8.12. The zero-order valence-electron chi connectivity index (χ0n) is 11.4. The van der Waals surface area contributed by atoms with E-state index in [1.54, 1.807) is 0 Å². The van der Waals surface area contributed by atoms with Crippen molar-refractivity contribution in [3.63, 3.8) is 0 Å². The monoisotopic (exact) mass is 361 g/mol. The summed E-state index contributed by atoms with van der Waals surface area (Å²) in [4.78, 5) is 12.4. The van der Waals surface area contributed by atoms with E-state index in [1.165, 1.54) is 18.2 Å². The lowest BCUT2D eigenvalue weighted by molar-refractivity contribution is 0.0871. The number of amides is 1. The highest BCUT2D eigenvalue weighted by Gasteiger charge is 2.35. The van der Waals surface area contributed by atoms with E-state index in [2.05, 4.69) is 28.2 Å². The predicted molar refractivity (Wildman–Crippen MR) is 82.6 cm³/mol. The first kappa shape index (κ1) is 15.8. The number of rotatable bonds is 3. The molecule has 1 saturated carbocycles. The Kier molecular flexibility index (Phi) is 5.08. The maximum Gasteiger partial charge on any atom is 0.252 e. The topological polar surface area (TPSA) is 29.1 Å². The molecule has 1 aromatic carbocycles. The van der Waals surface area contributed by atoms with Crippen LogP contribution < -0.4 is 5.32 Å². The lowest BCUT2D eigenvalue weighted by Gasteiger charge is -2.38. The van der Waals surface area contributed by atoms with Gasteiger partial charge in [0.25, 0.3) is 5.91 Å². The maximum absolute atomic E-state index is 13.1. The van der Waals surface area contributed by atoms with Gasteiger partial charge in [-0.3, -0.25) is 4.79 Å². The number of carbonyl (C=O) groups excluding carboxylic acids is 1. The molecule has 2 rings (SSSR count). The molecule has 0 aromatic heterocycles. The molecule has 0 atom stereocenters. The van der Waals surface area contributed by atoms with Gasteiger partial charge in [-0.05, 0) is 65.7 Å². The number of carbonyl (C=O) groups is 1. The third-order valence-electron chi connectivity index (χ3n) is 4.04. The van der Waals surface area contributed by atoms with Gasteiger partial charge in [-0.15, -0.1) is 11.6 Å². The highest BCUT2D eigenvalue weighted by Crippen LogP contribution is 2.33. The Labute approximate surface area is 132 Å². The molecule has 20 heavy (non-hydrogen) atoms. The summed E-state index contributed by atoms with van der Waals surface area (Å²) in [6, 6.07) is 4.07. The summed E-state index contributed by atoms with van der Waals surface area (Å²) in [7, 11) is 0. The lowest BCUT2D eigenvalue weighted by Crippen LogP contribution is -2.52. The van der Waals surface area contributed by atoms with Crippen molar-refractivity contribution >= 4 is 33.4 Å². The average Bonchev–Trinajstić information content (AvgIpc) is 2.41. The van der Waals surface area contributed by atoms with Crippen molar-refractivity contribution < 1.29 is 9.18 Å². The Hall–Kier alpha value is -0.610. The van der Waals surface area contributed by atoms with E-state index in [0.29, 0.717) is 21.8 Å². The Morgan fingerprint density at radius 1 is 1.50 bits per heavy atom. The minimum absolute atomic E-state index is 0.202. The van der Waals surface area contributed by atoms with Crippen LogP contribution in [0.25, 0.3) is 0 Å². The van der Waals surface area contributed by atoms with Crippen molar-refractivity contribution in [2.24, 2.45) is 5.92 Å². The van der Waals surface area contributed by atoms with E-state index >= 15 is 0 Å². The molecule has 0 heterocycles. The molecule has 1 amide bonds. The van der Waals surface area contributed by atoms with Gasteiger partial charge in [0.2, 0.25) is 0 Å². The third kappa shape index (κ3) is 3.53. The van der Waals surface area contributed by atoms with Crippen LogP contribution in [0.4, 0.5) is 4.39 Å². The van der Waals surface area contributed by atoms with Crippen molar-refractivity contribution in [3.05, 3.63) is 34.1 Å². The molecule has 0 unspecified atom stereocenters. The highest BCUT2D eigenvalue weighted by molar-refractivity contribution is 9.10. The zero-order chi connectivity index (χ0) is 14.8. The first-order valence-electron chi connectivity index (χ1n) is 6.79. The van der Waals surface area contributed by atoms with Crippen LogP contribution in [0.3, 0.4) is 0 Å². The molecule has 0 saturated heterocycles. The van der Waals surface area contributed by atoms with Gasteiger partial charge in [0.1, 0.15) is 5.82 Å². The van der Waals surface area contributed by atoms with Gasteiger partial charge in [0.15, 0.2) is 0 Å². The van der Waals surface area contributed by atoms with Crippen LogP contribution in [-0.2, 0) is 0 Å². The van der Waals surface area contributed by atoms with Gasteiger partial charge < -0.3 is 5.32 Å². The molecular formula is C15H18BrClFNO. The quantitative estimate of drug-likeness (QED) is 0.788. The number of hydrogen-bond donors (Lipinski definition) is 1. The fourth-order valence-corrected chi connectivity index (χ4v) is 3.45. The van der Waals surface area contributed by atoms with Gasteiger partial charge in [0.05, 0.1) is 11.1 Å². The standard InChI is InChI=1S/C15H18BrClFNO/c1-10-4-6-15(9-17,7-5-10)19-14(20)12-3-2-11(18)8-13(12)16/h2-3,8,10H,4-7,9H2,1H3,(H,19,20). The van der Waals surface area contributed by atoms with Crippen LogP contribution in [0.1, 0.15) is 43.0 Å².